The second-order valence-electron chi connectivity index (χ2n) is 9.38. The highest BCUT2D eigenvalue weighted by molar-refractivity contribution is 6.01. The lowest BCUT2D eigenvalue weighted by molar-refractivity contribution is -0.128. The summed E-state index contributed by atoms with van der Waals surface area (Å²) in [4.78, 5) is 29.3. The fraction of sp³-hybridized carbons (Fsp3) is 0.286. The molecule has 1 atom stereocenters. The normalized spacial score (nSPS) is 12.2. The van der Waals surface area contributed by atoms with E-state index in [0.717, 1.165) is 0 Å². The Kier molecular flexibility index (Phi) is 7.52. The number of carbonyl (C=O) groups excluding carboxylic acids is 2. The minimum atomic E-state index is -1.08. The molecule has 0 aliphatic rings. The summed E-state index contributed by atoms with van der Waals surface area (Å²) in [5.41, 5.74) is 1.73. The molecule has 0 aliphatic carbocycles. The number of anilines is 1. The summed E-state index contributed by atoms with van der Waals surface area (Å²) in [6.07, 6.45) is 0.674. The van der Waals surface area contributed by atoms with Crippen molar-refractivity contribution >= 4 is 28.5 Å². The van der Waals surface area contributed by atoms with E-state index in [1.54, 1.807) is 24.3 Å². The predicted octanol–water partition coefficient (Wildman–Crippen LogP) is 4.66. The smallest absolute Gasteiger partial charge is 0.249 e. The maximum atomic E-state index is 14.0. The highest BCUT2D eigenvalue weighted by Crippen LogP contribution is 2.32. The van der Waals surface area contributed by atoms with E-state index in [1.807, 2.05) is 45.0 Å². The van der Waals surface area contributed by atoms with Gasteiger partial charge in [0.2, 0.25) is 11.8 Å². The molecule has 3 aromatic carbocycles. The Morgan fingerprint density at radius 3 is 2.51 bits per heavy atom. The minimum absolute atomic E-state index is 0.167. The van der Waals surface area contributed by atoms with Gasteiger partial charge in [-0.25, -0.2) is 9.07 Å². The molecular weight excluding hydrogens is 473 g/mol. The number of hydrogen-bond donors (Lipinski definition) is 1. The summed E-state index contributed by atoms with van der Waals surface area (Å²) in [5, 5.41) is 11.3. The van der Waals surface area contributed by atoms with Gasteiger partial charge in [-0.05, 0) is 62.2 Å². The van der Waals surface area contributed by atoms with Crippen molar-refractivity contribution in [1.29, 1.82) is 0 Å². The molecule has 0 saturated carbocycles. The Bertz CT molecular complexity index is 1400. The largest absolute Gasteiger partial charge is 0.497 e. The van der Waals surface area contributed by atoms with Gasteiger partial charge in [0.1, 0.15) is 29.7 Å². The van der Waals surface area contributed by atoms with Crippen molar-refractivity contribution in [2.75, 3.05) is 12.0 Å². The van der Waals surface area contributed by atoms with Gasteiger partial charge in [0, 0.05) is 17.3 Å². The standard InChI is InChI=1S/C28H30FN5O3/c1-5-28(2,3)30-27(36)26(19-13-15-20(29)16-14-19)34(21-9-8-10-22(17-21)37-4)25(35)18-33-24-12-7-6-11-23(24)31-32-33/h6-17,26H,5,18H2,1-4H3,(H,30,36)/t26-/m0/s1. The summed E-state index contributed by atoms with van der Waals surface area (Å²) < 4.78 is 20.7. The maximum Gasteiger partial charge on any atom is 0.249 e. The molecule has 9 heteroatoms. The van der Waals surface area contributed by atoms with Crippen molar-refractivity contribution in [3.63, 3.8) is 0 Å². The molecule has 0 aliphatic heterocycles. The van der Waals surface area contributed by atoms with Crippen molar-refractivity contribution in [1.82, 2.24) is 20.3 Å². The monoisotopic (exact) mass is 503 g/mol. The van der Waals surface area contributed by atoms with Gasteiger partial charge in [-0.15, -0.1) is 5.10 Å². The van der Waals surface area contributed by atoms with Crippen molar-refractivity contribution in [3.05, 3.63) is 84.2 Å². The van der Waals surface area contributed by atoms with Gasteiger partial charge < -0.3 is 10.1 Å². The van der Waals surface area contributed by atoms with E-state index < -0.39 is 29.2 Å². The van der Waals surface area contributed by atoms with Gasteiger partial charge in [-0.2, -0.15) is 0 Å². The first-order valence-electron chi connectivity index (χ1n) is 12.0. The number of ether oxygens (including phenoxy) is 1. The van der Waals surface area contributed by atoms with Crippen molar-refractivity contribution in [2.45, 2.75) is 45.3 Å². The first-order chi connectivity index (χ1) is 17.7. The van der Waals surface area contributed by atoms with Crippen LogP contribution in [0.1, 0.15) is 38.8 Å². The molecule has 1 N–H and O–H groups in total. The third-order valence-corrected chi connectivity index (χ3v) is 6.34. The zero-order valence-corrected chi connectivity index (χ0v) is 21.3. The minimum Gasteiger partial charge on any atom is -0.497 e. The summed E-state index contributed by atoms with van der Waals surface area (Å²) in [7, 11) is 1.53. The number of nitrogens with one attached hydrogen (secondary N) is 1. The number of para-hydroxylation sites is 1. The quantitative estimate of drug-likeness (QED) is 0.359. The van der Waals surface area contributed by atoms with Gasteiger partial charge >= 0.3 is 0 Å². The third-order valence-electron chi connectivity index (χ3n) is 6.34. The van der Waals surface area contributed by atoms with Crippen molar-refractivity contribution < 1.29 is 18.7 Å². The molecule has 1 aromatic heterocycles. The van der Waals surface area contributed by atoms with Crippen LogP contribution in [-0.2, 0) is 16.1 Å². The van der Waals surface area contributed by atoms with Crippen LogP contribution in [0.4, 0.5) is 10.1 Å². The third kappa shape index (κ3) is 5.77. The molecule has 4 aromatic rings. The number of fused-ring (bicyclic) bond motifs is 1. The second kappa shape index (κ2) is 10.8. The predicted molar refractivity (Wildman–Crippen MR) is 140 cm³/mol. The molecule has 2 amide bonds. The molecular formula is C28H30FN5O3. The first kappa shape index (κ1) is 25.8. The van der Waals surface area contributed by atoms with Crippen molar-refractivity contribution in [3.8, 4) is 5.75 Å². The molecule has 0 spiro atoms. The summed E-state index contributed by atoms with van der Waals surface area (Å²) in [6.45, 7) is 5.62. The van der Waals surface area contributed by atoms with E-state index in [4.69, 9.17) is 4.74 Å². The zero-order chi connectivity index (χ0) is 26.6. The summed E-state index contributed by atoms with van der Waals surface area (Å²) in [6, 6.07) is 18.7. The Labute approximate surface area is 215 Å². The van der Waals surface area contributed by atoms with Gasteiger partial charge in [0.25, 0.3) is 0 Å². The van der Waals surface area contributed by atoms with E-state index in [9.17, 15) is 14.0 Å². The van der Waals surface area contributed by atoms with E-state index in [0.29, 0.717) is 34.5 Å². The average Bonchev–Trinajstić information content (AvgIpc) is 3.30. The SMILES string of the molecule is CCC(C)(C)NC(=O)[C@H](c1ccc(F)cc1)N(C(=O)Cn1nnc2ccccc21)c1cccc(OC)c1. The molecule has 0 unspecified atom stereocenters. The number of hydrogen-bond acceptors (Lipinski definition) is 5. The number of rotatable bonds is 9. The molecule has 0 radical (unpaired) electrons. The Balaban J connectivity index is 1.83. The molecule has 37 heavy (non-hydrogen) atoms. The summed E-state index contributed by atoms with van der Waals surface area (Å²) in [5.74, 6) is -0.709. The van der Waals surface area contributed by atoms with Gasteiger partial charge in [-0.3, -0.25) is 14.5 Å². The van der Waals surface area contributed by atoms with Crippen molar-refractivity contribution in [2.24, 2.45) is 0 Å². The highest BCUT2D eigenvalue weighted by atomic mass is 19.1. The molecule has 0 fully saturated rings. The Hall–Kier alpha value is -4.27. The van der Waals surface area contributed by atoms with Gasteiger partial charge in [-0.1, -0.05) is 42.5 Å². The number of carbonyl (C=O) groups is 2. The fourth-order valence-electron chi connectivity index (χ4n) is 3.99. The molecule has 0 bridgehead atoms. The Morgan fingerprint density at radius 1 is 1.08 bits per heavy atom. The highest BCUT2D eigenvalue weighted by Gasteiger charge is 2.35. The average molecular weight is 504 g/mol. The van der Waals surface area contributed by atoms with Gasteiger partial charge in [0.05, 0.1) is 12.6 Å². The van der Waals surface area contributed by atoms with Crippen LogP contribution in [-0.4, -0.2) is 39.5 Å². The van der Waals surface area contributed by atoms with Crippen LogP contribution in [0.5, 0.6) is 5.75 Å². The number of aromatic nitrogens is 3. The van der Waals surface area contributed by atoms with Crippen LogP contribution < -0.4 is 15.0 Å². The molecule has 8 nitrogen and oxygen atoms in total. The number of benzene rings is 3. The van der Waals surface area contributed by atoms with Crippen LogP contribution in [0.25, 0.3) is 11.0 Å². The number of halogens is 1. The van der Waals surface area contributed by atoms with Crippen LogP contribution in [0.2, 0.25) is 0 Å². The topological polar surface area (TPSA) is 89.4 Å². The zero-order valence-electron chi connectivity index (χ0n) is 21.3. The fourth-order valence-corrected chi connectivity index (χ4v) is 3.99. The molecule has 192 valence electrons. The number of nitrogens with zero attached hydrogens (tertiary/aromatic N) is 4. The molecule has 4 rings (SSSR count). The number of amides is 2. The first-order valence-corrected chi connectivity index (χ1v) is 12.0. The molecule has 0 saturated heterocycles. The van der Waals surface area contributed by atoms with E-state index in [2.05, 4.69) is 15.6 Å². The number of methoxy groups -OCH3 is 1. The lowest BCUT2D eigenvalue weighted by Crippen LogP contribution is -2.51. The molecule has 1 heterocycles. The van der Waals surface area contributed by atoms with E-state index in [1.165, 1.54) is 41.0 Å². The van der Waals surface area contributed by atoms with Crippen LogP contribution in [0.3, 0.4) is 0 Å². The lowest BCUT2D eigenvalue weighted by atomic mass is 9.98. The summed E-state index contributed by atoms with van der Waals surface area (Å²) >= 11 is 0. The second-order valence-corrected chi connectivity index (χ2v) is 9.38. The Morgan fingerprint density at radius 2 is 1.81 bits per heavy atom. The lowest BCUT2D eigenvalue weighted by Gasteiger charge is -2.34. The van der Waals surface area contributed by atoms with Crippen LogP contribution in [0, 0.1) is 5.82 Å². The van der Waals surface area contributed by atoms with Gasteiger partial charge in [0.15, 0.2) is 0 Å². The van der Waals surface area contributed by atoms with E-state index in [-0.39, 0.29) is 6.54 Å². The van der Waals surface area contributed by atoms with E-state index >= 15 is 0 Å². The van der Waals surface area contributed by atoms with Crippen LogP contribution in [0.15, 0.2) is 72.8 Å². The van der Waals surface area contributed by atoms with Crippen LogP contribution >= 0.6 is 0 Å². The maximum absolute atomic E-state index is 14.0.